The molecule has 1 aliphatic rings. The number of imidazole rings is 1. The summed E-state index contributed by atoms with van der Waals surface area (Å²) >= 11 is 0. The fraction of sp³-hybridized carbons (Fsp3) is 0.0417. The highest BCUT2D eigenvalue weighted by atomic mass is 19.1. The molecule has 10 heteroatoms. The molecule has 0 bridgehead atoms. The molecule has 2 aromatic carbocycles. The smallest absolute Gasteiger partial charge is 0.417 e. The van der Waals surface area contributed by atoms with E-state index in [9.17, 15) is 13.6 Å². The summed E-state index contributed by atoms with van der Waals surface area (Å²) < 4.78 is 40.3. The van der Waals surface area contributed by atoms with Gasteiger partial charge >= 0.3 is 6.09 Å². The standard InChI is InChI=1S/C24H19F2N5O3/c1-31-13-21(29-14-31)15-10-23(20(8-9-27)28-12-15)34-22-7-4-17(11-19(22)26)30-24(32)33-18-5-2-16(25)3-6-18/h2-14,27-28H,1H3,(H,30,32)/b20-8-,27-9?. The fourth-order valence-corrected chi connectivity index (χ4v) is 3.03. The van der Waals surface area contributed by atoms with E-state index in [4.69, 9.17) is 14.9 Å². The maximum Gasteiger partial charge on any atom is 0.417 e. The molecule has 1 aromatic heterocycles. The highest BCUT2D eigenvalue weighted by molar-refractivity contribution is 5.86. The predicted molar refractivity (Wildman–Crippen MR) is 122 cm³/mol. The maximum atomic E-state index is 14.8. The van der Waals surface area contributed by atoms with Gasteiger partial charge in [0.1, 0.15) is 11.6 Å². The van der Waals surface area contributed by atoms with Crippen LogP contribution in [0.4, 0.5) is 19.3 Å². The van der Waals surface area contributed by atoms with Crippen molar-refractivity contribution in [1.82, 2.24) is 14.9 Å². The van der Waals surface area contributed by atoms with E-state index in [0.29, 0.717) is 17.0 Å². The Morgan fingerprint density at radius 1 is 1.21 bits per heavy atom. The van der Waals surface area contributed by atoms with Gasteiger partial charge in [-0.15, -0.1) is 0 Å². The van der Waals surface area contributed by atoms with Crippen molar-refractivity contribution in [2.75, 3.05) is 5.32 Å². The van der Waals surface area contributed by atoms with Crippen molar-refractivity contribution in [2.24, 2.45) is 7.05 Å². The van der Waals surface area contributed by atoms with Crippen LogP contribution in [-0.4, -0.2) is 21.9 Å². The quantitative estimate of drug-likeness (QED) is 0.458. The highest BCUT2D eigenvalue weighted by Crippen LogP contribution is 2.28. The normalized spacial score (nSPS) is 14.0. The van der Waals surface area contributed by atoms with Gasteiger partial charge in [-0.1, -0.05) is 0 Å². The average molecular weight is 463 g/mol. The summed E-state index contributed by atoms with van der Waals surface area (Å²) in [6.45, 7) is 0. The lowest BCUT2D eigenvalue weighted by atomic mass is 10.1. The summed E-state index contributed by atoms with van der Waals surface area (Å²) in [6, 6.07) is 8.77. The molecule has 0 spiro atoms. The second-order valence-electron chi connectivity index (χ2n) is 7.14. The first kappa shape index (κ1) is 22.5. The molecule has 8 nitrogen and oxygen atoms in total. The third-order valence-electron chi connectivity index (χ3n) is 4.61. The molecule has 0 radical (unpaired) electrons. The Labute approximate surface area is 193 Å². The van der Waals surface area contributed by atoms with Crippen molar-refractivity contribution in [1.29, 1.82) is 5.41 Å². The zero-order valence-corrected chi connectivity index (χ0v) is 17.9. The Bertz CT molecular complexity index is 1330. The van der Waals surface area contributed by atoms with Crippen molar-refractivity contribution >= 4 is 23.6 Å². The summed E-state index contributed by atoms with van der Waals surface area (Å²) in [5, 5.41) is 12.8. The lowest BCUT2D eigenvalue weighted by Gasteiger charge is -2.19. The molecule has 3 N–H and O–H groups in total. The van der Waals surface area contributed by atoms with Crippen LogP contribution in [0.15, 0.2) is 84.8 Å². The number of nitrogens with one attached hydrogen (secondary N) is 3. The van der Waals surface area contributed by atoms with Crippen molar-refractivity contribution in [3.63, 3.8) is 0 Å². The second-order valence-corrected chi connectivity index (χ2v) is 7.14. The van der Waals surface area contributed by atoms with E-state index in [1.165, 1.54) is 30.3 Å². The molecular weight excluding hydrogens is 444 g/mol. The van der Waals surface area contributed by atoms with Crippen LogP contribution in [0.2, 0.25) is 0 Å². The average Bonchev–Trinajstić information content (AvgIpc) is 3.24. The third kappa shape index (κ3) is 5.36. The second kappa shape index (κ2) is 9.82. The van der Waals surface area contributed by atoms with E-state index in [0.717, 1.165) is 24.4 Å². The van der Waals surface area contributed by atoms with E-state index in [1.807, 2.05) is 13.2 Å². The fourth-order valence-electron chi connectivity index (χ4n) is 3.03. The molecule has 0 atom stereocenters. The van der Waals surface area contributed by atoms with Gasteiger partial charge in [-0.3, -0.25) is 5.32 Å². The van der Waals surface area contributed by atoms with Gasteiger partial charge < -0.3 is 24.8 Å². The van der Waals surface area contributed by atoms with Crippen molar-refractivity contribution < 1.29 is 23.0 Å². The van der Waals surface area contributed by atoms with Gasteiger partial charge in [-0.2, -0.15) is 0 Å². The number of hydrogen-bond acceptors (Lipinski definition) is 6. The maximum absolute atomic E-state index is 14.8. The number of anilines is 1. The number of aromatic nitrogens is 2. The molecule has 0 saturated carbocycles. The van der Waals surface area contributed by atoms with Gasteiger partial charge in [0.2, 0.25) is 0 Å². The molecular formula is C24H19F2N5O3. The molecule has 0 aliphatic carbocycles. The lowest BCUT2D eigenvalue weighted by molar-refractivity contribution is 0.215. The van der Waals surface area contributed by atoms with E-state index in [1.54, 1.807) is 23.2 Å². The van der Waals surface area contributed by atoms with E-state index < -0.39 is 17.7 Å². The number of dihydropyridines is 1. The third-order valence-corrected chi connectivity index (χ3v) is 4.61. The van der Waals surface area contributed by atoms with Crippen LogP contribution in [0, 0.1) is 17.0 Å². The molecule has 34 heavy (non-hydrogen) atoms. The number of rotatable bonds is 6. The number of carbonyl (C=O) groups is 1. The summed E-state index contributed by atoms with van der Waals surface area (Å²) in [6.07, 6.45) is 8.55. The first-order valence-electron chi connectivity index (χ1n) is 10.0. The van der Waals surface area contributed by atoms with Crippen molar-refractivity contribution in [2.45, 2.75) is 0 Å². The number of allylic oxidation sites excluding steroid dienone is 3. The molecule has 4 rings (SSSR count). The van der Waals surface area contributed by atoms with Crippen LogP contribution < -0.4 is 20.1 Å². The van der Waals surface area contributed by atoms with Crippen molar-refractivity contribution in [3.8, 4) is 11.5 Å². The zero-order valence-electron chi connectivity index (χ0n) is 17.9. The Kier molecular flexibility index (Phi) is 6.49. The number of nitrogens with zero attached hydrogens (tertiary/aromatic N) is 2. The van der Waals surface area contributed by atoms with Crippen LogP contribution in [0.5, 0.6) is 11.5 Å². The predicted octanol–water partition coefficient (Wildman–Crippen LogP) is 4.75. The first-order chi connectivity index (χ1) is 16.4. The highest BCUT2D eigenvalue weighted by Gasteiger charge is 2.18. The van der Waals surface area contributed by atoms with Gasteiger partial charge in [0.25, 0.3) is 0 Å². The molecule has 0 fully saturated rings. The van der Waals surface area contributed by atoms with E-state index in [2.05, 4.69) is 15.6 Å². The number of halogens is 2. The topological polar surface area (TPSA) is 101 Å². The van der Waals surface area contributed by atoms with Crippen molar-refractivity contribution in [3.05, 3.63) is 102 Å². The van der Waals surface area contributed by atoms with Crippen LogP contribution in [0.25, 0.3) is 5.57 Å². The number of aryl methyl sites for hydroxylation is 1. The van der Waals surface area contributed by atoms with Gasteiger partial charge in [-0.05, 0) is 48.6 Å². The Hall–Kier alpha value is -4.73. The Morgan fingerprint density at radius 2 is 2.00 bits per heavy atom. The van der Waals surface area contributed by atoms with Gasteiger partial charge in [-0.25, -0.2) is 18.6 Å². The lowest BCUT2D eigenvalue weighted by Crippen LogP contribution is -2.18. The monoisotopic (exact) mass is 463 g/mol. The van der Waals surface area contributed by atoms with Crippen LogP contribution in [0.3, 0.4) is 0 Å². The molecule has 3 aromatic rings. The number of ether oxygens (including phenoxy) is 2. The minimum absolute atomic E-state index is 0.0938. The van der Waals surface area contributed by atoms with E-state index in [-0.39, 0.29) is 22.9 Å². The van der Waals surface area contributed by atoms with Gasteiger partial charge in [0, 0.05) is 43.0 Å². The van der Waals surface area contributed by atoms with Gasteiger partial charge in [0.15, 0.2) is 17.3 Å². The molecule has 172 valence electrons. The Balaban J connectivity index is 1.49. The zero-order chi connectivity index (χ0) is 24.1. The molecule has 1 aliphatic heterocycles. The van der Waals surface area contributed by atoms with Crippen LogP contribution in [-0.2, 0) is 7.05 Å². The molecule has 1 amide bonds. The number of hydrogen-bond donors (Lipinski definition) is 3. The van der Waals surface area contributed by atoms with E-state index >= 15 is 0 Å². The van der Waals surface area contributed by atoms with Crippen LogP contribution in [0.1, 0.15) is 5.69 Å². The van der Waals surface area contributed by atoms with Crippen LogP contribution >= 0.6 is 0 Å². The van der Waals surface area contributed by atoms with Gasteiger partial charge in [0.05, 0.1) is 17.7 Å². The molecule has 0 saturated heterocycles. The minimum Gasteiger partial charge on any atom is -0.452 e. The Morgan fingerprint density at radius 3 is 2.68 bits per heavy atom. The first-order valence-corrected chi connectivity index (χ1v) is 10.0. The summed E-state index contributed by atoms with van der Waals surface area (Å²) in [5.41, 5.74) is 1.99. The summed E-state index contributed by atoms with van der Waals surface area (Å²) in [7, 11) is 1.84. The number of amides is 1. The SMILES string of the molecule is Cn1cnc(C2=CN/C(=C\C=N)C(Oc3ccc(NC(=O)Oc4ccc(F)cc4)cc3F)=C2)c1. The molecule has 2 heterocycles. The number of carbonyl (C=O) groups excluding carboxylic acids is 1. The largest absolute Gasteiger partial charge is 0.452 e. The number of benzene rings is 2. The minimum atomic E-state index is -0.861. The molecule has 0 unspecified atom stereocenters. The summed E-state index contributed by atoms with van der Waals surface area (Å²) in [4.78, 5) is 16.3. The summed E-state index contributed by atoms with van der Waals surface area (Å²) in [5.74, 6) is -0.873.